The van der Waals surface area contributed by atoms with Crippen molar-refractivity contribution < 1.29 is 18.3 Å². The molecule has 0 saturated carbocycles. The van der Waals surface area contributed by atoms with Crippen LogP contribution in [0, 0.1) is 0 Å². The van der Waals surface area contributed by atoms with Crippen molar-refractivity contribution in [2.75, 3.05) is 0 Å². The number of sulfone groups is 1. The van der Waals surface area contributed by atoms with Crippen molar-refractivity contribution in [1.29, 1.82) is 0 Å². The minimum absolute atomic E-state index is 0.0391. The molecule has 104 valence electrons. The predicted octanol–water partition coefficient (Wildman–Crippen LogP) is 1.08. The summed E-state index contributed by atoms with van der Waals surface area (Å²) in [6.45, 7) is -0.0823. The zero-order valence-corrected chi connectivity index (χ0v) is 11.0. The number of hydrogen-bond acceptors (Lipinski definition) is 5. The number of nitrogens with one attached hydrogen (secondary N) is 1. The Hall–Kier alpha value is -2.48. The topological polar surface area (TPSA) is 109 Å². The quantitative estimate of drug-likeness (QED) is 0.873. The fraction of sp³-hybridized carbons (Fsp3) is 0.0833. The van der Waals surface area contributed by atoms with Gasteiger partial charge >= 0.3 is 6.09 Å². The fourth-order valence-electron chi connectivity index (χ4n) is 1.46. The molecule has 0 aliphatic rings. The van der Waals surface area contributed by atoms with Crippen molar-refractivity contribution >= 4 is 15.9 Å². The molecule has 0 aliphatic heterocycles. The summed E-state index contributed by atoms with van der Waals surface area (Å²) in [5.74, 6) is 0.194. The van der Waals surface area contributed by atoms with Crippen molar-refractivity contribution in [3.05, 3.63) is 48.5 Å². The van der Waals surface area contributed by atoms with Gasteiger partial charge in [-0.05, 0) is 12.1 Å². The summed E-state index contributed by atoms with van der Waals surface area (Å²) < 4.78 is 24.4. The number of hydrogen-bond donors (Lipinski definition) is 2. The summed E-state index contributed by atoms with van der Waals surface area (Å²) in [7, 11) is -3.65. The van der Waals surface area contributed by atoms with Crippen molar-refractivity contribution in [1.82, 2.24) is 15.3 Å². The third-order valence-corrected chi connectivity index (χ3v) is 4.17. The molecular formula is C12H11N3O4S. The van der Waals surface area contributed by atoms with Gasteiger partial charge in [-0.1, -0.05) is 18.2 Å². The lowest BCUT2D eigenvalue weighted by atomic mass is 10.4. The Bertz CT molecular complexity index is 699. The van der Waals surface area contributed by atoms with E-state index in [-0.39, 0.29) is 22.2 Å². The molecule has 2 N–H and O–H groups in total. The van der Waals surface area contributed by atoms with E-state index in [0.29, 0.717) is 0 Å². The third-order valence-electron chi connectivity index (χ3n) is 2.44. The maximum atomic E-state index is 12.2. The first-order valence-corrected chi connectivity index (χ1v) is 7.06. The van der Waals surface area contributed by atoms with E-state index in [9.17, 15) is 13.2 Å². The second kappa shape index (κ2) is 5.66. The first kappa shape index (κ1) is 13.9. The van der Waals surface area contributed by atoms with Gasteiger partial charge in [0.1, 0.15) is 10.7 Å². The number of carbonyl (C=O) groups is 1. The van der Waals surface area contributed by atoms with Crippen molar-refractivity contribution in [2.45, 2.75) is 16.3 Å². The zero-order chi connectivity index (χ0) is 14.6. The molecule has 0 radical (unpaired) electrons. The van der Waals surface area contributed by atoms with E-state index in [1.54, 1.807) is 18.2 Å². The lowest BCUT2D eigenvalue weighted by Gasteiger charge is -2.04. The van der Waals surface area contributed by atoms with Gasteiger partial charge in [0.15, 0.2) is 0 Å². The molecule has 20 heavy (non-hydrogen) atoms. The lowest BCUT2D eigenvalue weighted by Crippen LogP contribution is -2.21. The fourth-order valence-corrected chi connectivity index (χ4v) is 2.63. The number of benzene rings is 1. The third kappa shape index (κ3) is 3.09. The predicted molar refractivity (Wildman–Crippen MR) is 68.8 cm³/mol. The van der Waals surface area contributed by atoms with Crippen molar-refractivity contribution in [3.8, 4) is 0 Å². The van der Waals surface area contributed by atoms with E-state index in [1.807, 2.05) is 0 Å². The molecule has 1 heterocycles. The molecule has 7 nitrogen and oxygen atoms in total. The highest BCUT2D eigenvalue weighted by Gasteiger charge is 2.18. The molecule has 0 spiro atoms. The summed E-state index contributed by atoms with van der Waals surface area (Å²) in [4.78, 5) is 18.1. The normalized spacial score (nSPS) is 11.0. The van der Waals surface area contributed by atoms with Gasteiger partial charge in [-0.25, -0.2) is 23.2 Å². The van der Waals surface area contributed by atoms with E-state index >= 15 is 0 Å². The van der Waals surface area contributed by atoms with Crippen LogP contribution in [0.25, 0.3) is 0 Å². The van der Waals surface area contributed by atoms with Crippen LogP contribution in [-0.4, -0.2) is 29.6 Å². The monoisotopic (exact) mass is 293 g/mol. The van der Waals surface area contributed by atoms with Gasteiger partial charge in [-0.3, -0.25) is 0 Å². The number of amides is 1. The molecule has 0 unspecified atom stereocenters. The highest BCUT2D eigenvalue weighted by molar-refractivity contribution is 7.91. The second-order valence-corrected chi connectivity index (χ2v) is 5.76. The largest absolute Gasteiger partial charge is 0.465 e. The molecule has 2 aromatic rings. The first-order chi connectivity index (χ1) is 9.50. The number of rotatable bonds is 4. The molecular weight excluding hydrogens is 282 g/mol. The van der Waals surface area contributed by atoms with E-state index in [2.05, 4.69) is 15.3 Å². The Kier molecular flexibility index (Phi) is 3.94. The Morgan fingerprint density at radius 1 is 1.10 bits per heavy atom. The maximum Gasteiger partial charge on any atom is 0.405 e. The van der Waals surface area contributed by atoms with E-state index < -0.39 is 15.9 Å². The average Bonchev–Trinajstić information content (AvgIpc) is 2.46. The van der Waals surface area contributed by atoms with E-state index in [1.165, 1.54) is 12.1 Å². The van der Waals surface area contributed by atoms with Crippen LogP contribution >= 0.6 is 0 Å². The van der Waals surface area contributed by atoms with Crippen LogP contribution in [0.1, 0.15) is 5.82 Å². The van der Waals surface area contributed by atoms with Crippen LogP contribution in [-0.2, 0) is 16.4 Å². The van der Waals surface area contributed by atoms with Crippen LogP contribution in [0.5, 0.6) is 0 Å². The molecule has 2 rings (SSSR count). The minimum Gasteiger partial charge on any atom is -0.465 e. The average molecular weight is 293 g/mol. The van der Waals surface area contributed by atoms with Gasteiger partial charge in [0.05, 0.1) is 11.4 Å². The van der Waals surface area contributed by atoms with Gasteiger partial charge in [-0.2, -0.15) is 0 Å². The Balaban J connectivity index is 2.24. The highest BCUT2D eigenvalue weighted by Crippen LogP contribution is 2.18. The molecule has 0 fully saturated rings. The molecule has 1 aromatic heterocycles. The van der Waals surface area contributed by atoms with Crippen molar-refractivity contribution in [2.24, 2.45) is 0 Å². The summed E-state index contributed by atoms with van der Waals surface area (Å²) in [6, 6.07) is 7.93. The molecule has 0 aliphatic carbocycles. The van der Waals surface area contributed by atoms with Gasteiger partial charge in [0.2, 0.25) is 9.84 Å². The Labute approximate surface area is 115 Å². The number of nitrogens with zero attached hydrogens (tertiary/aromatic N) is 2. The molecule has 0 saturated heterocycles. The highest BCUT2D eigenvalue weighted by atomic mass is 32.2. The van der Waals surface area contributed by atoms with E-state index in [0.717, 1.165) is 12.4 Å². The van der Waals surface area contributed by atoms with Crippen LogP contribution in [0.3, 0.4) is 0 Å². The Morgan fingerprint density at radius 3 is 2.25 bits per heavy atom. The molecule has 1 amide bonds. The molecule has 8 heteroatoms. The summed E-state index contributed by atoms with van der Waals surface area (Å²) >= 11 is 0. The number of aromatic nitrogens is 2. The Morgan fingerprint density at radius 2 is 1.70 bits per heavy atom. The SMILES string of the molecule is O=C(O)NCc1ncc(S(=O)(=O)c2ccccc2)cn1. The van der Waals surface area contributed by atoms with Crippen LogP contribution in [0.2, 0.25) is 0 Å². The summed E-state index contributed by atoms with van der Waals surface area (Å²) in [5.41, 5.74) is 0. The molecule has 0 bridgehead atoms. The first-order valence-electron chi connectivity index (χ1n) is 5.58. The van der Waals surface area contributed by atoms with Gasteiger partial charge < -0.3 is 10.4 Å². The second-order valence-electron chi connectivity index (χ2n) is 3.81. The van der Waals surface area contributed by atoms with Gasteiger partial charge in [0, 0.05) is 12.4 Å². The smallest absolute Gasteiger partial charge is 0.405 e. The van der Waals surface area contributed by atoms with E-state index in [4.69, 9.17) is 5.11 Å². The van der Waals surface area contributed by atoms with Gasteiger partial charge in [-0.15, -0.1) is 0 Å². The van der Waals surface area contributed by atoms with Crippen LogP contribution in [0.15, 0.2) is 52.5 Å². The summed E-state index contributed by atoms with van der Waals surface area (Å²) in [5, 5.41) is 10.5. The molecule has 1 aromatic carbocycles. The maximum absolute atomic E-state index is 12.2. The van der Waals surface area contributed by atoms with Crippen LogP contribution < -0.4 is 5.32 Å². The summed E-state index contributed by atoms with van der Waals surface area (Å²) in [6.07, 6.45) is 1.12. The standard InChI is InChI=1S/C12H11N3O4S/c16-12(17)15-8-11-13-6-10(7-14-11)20(18,19)9-4-2-1-3-5-9/h1-7,15H,8H2,(H,16,17). The van der Waals surface area contributed by atoms with Gasteiger partial charge in [0.25, 0.3) is 0 Å². The number of carboxylic acid groups (broad SMARTS) is 1. The lowest BCUT2D eigenvalue weighted by molar-refractivity contribution is 0.193. The molecule has 0 atom stereocenters. The van der Waals surface area contributed by atoms with Crippen LogP contribution in [0.4, 0.5) is 4.79 Å². The van der Waals surface area contributed by atoms with Crippen molar-refractivity contribution in [3.63, 3.8) is 0 Å². The minimum atomic E-state index is -3.65. The zero-order valence-electron chi connectivity index (χ0n) is 10.2.